The molecular formula is C17H16N2O5. The summed E-state index contributed by atoms with van der Waals surface area (Å²) in [5.41, 5.74) is 3.62. The summed E-state index contributed by atoms with van der Waals surface area (Å²) >= 11 is 0. The first-order chi connectivity index (χ1) is 11.7. The number of hydrogen-bond acceptors (Lipinski definition) is 7. The van der Waals surface area contributed by atoms with Gasteiger partial charge >= 0.3 is 5.97 Å². The summed E-state index contributed by atoms with van der Waals surface area (Å²) in [4.78, 5) is 24.7. The molecule has 124 valence electrons. The minimum atomic E-state index is -0.751. The van der Waals surface area contributed by atoms with Crippen LogP contribution in [0.15, 0.2) is 52.2 Å². The molecule has 1 aromatic heterocycles. The molecule has 3 rings (SSSR count). The van der Waals surface area contributed by atoms with Gasteiger partial charge in [-0.2, -0.15) is 5.10 Å². The summed E-state index contributed by atoms with van der Waals surface area (Å²) in [7, 11) is 2.84. The Hall–Kier alpha value is -3.09. The maximum atomic E-state index is 12.7. The minimum absolute atomic E-state index is 0.146. The number of hydrazone groups is 1. The molecule has 2 aromatic rings. The predicted molar refractivity (Wildman–Crippen MR) is 85.1 cm³/mol. The zero-order chi connectivity index (χ0) is 17.1. The van der Waals surface area contributed by atoms with Crippen molar-refractivity contribution in [2.45, 2.75) is 12.0 Å². The second kappa shape index (κ2) is 6.57. The van der Waals surface area contributed by atoms with E-state index in [1.807, 2.05) is 0 Å². The predicted octanol–water partition coefficient (Wildman–Crippen LogP) is 1.76. The molecule has 0 bridgehead atoms. The van der Waals surface area contributed by atoms with Crippen molar-refractivity contribution in [3.8, 4) is 5.75 Å². The maximum absolute atomic E-state index is 12.7. The van der Waals surface area contributed by atoms with Crippen molar-refractivity contribution in [2.75, 3.05) is 14.2 Å². The molecular weight excluding hydrogens is 312 g/mol. The molecule has 1 N–H and O–H groups in total. The van der Waals surface area contributed by atoms with Gasteiger partial charge < -0.3 is 13.9 Å². The lowest BCUT2D eigenvalue weighted by Crippen LogP contribution is -2.37. The fourth-order valence-corrected chi connectivity index (χ4v) is 2.66. The molecule has 24 heavy (non-hydrogen) atoms. The number of nitrogens with zero attached hydrogens (tertiary/aromatic N) is 1. The van der Waals surface area contributed by atoms with Crippen molar-refractivity contribution < 1.29 is 23.5 Å². The number of rotatable bonds is 5. The van der Waals surface area contributed by atoms with Crippen LogP contribution in [0.3, 0.4) is 0 Å². The average molecular weight is 328 g/mol. The smallest absolute Gasteiger partial charge is 0.354 e. The van der Waals surface area contributed by atoms with Gasteiger partial charge in [-0.1, -0.05) is 12.1 Å². The van der Waals surface area contributed by atoms with E-state index >= 15 is 0 Å². The van der Waals surface area contributed by atoms with Crippen LogP contribution >= 0.6 is 0 Å². The van der Waals surface area contributed by atoms with Crippen molar-refractivity contribution in [1.29, 1.82) is 0 Å². The van der Waals surface area contributed by atoms with Crippen molar-refractivity contribution >= 4 is 17.5 Å². The van der Waals surface area contributed by atoms with Crippen LogP contribution < -0.4 is 10.2 Å². The van der Waals surface area contributed by atoms with E-state index in [9.17, 15) is 9.59 Å². The Labute approximate surface area is 138 Å². The number of ether oxygens (including phenoxy) is 2. The molecule has 0 saturated carbocycles. The molecule has 1 aliphatic rings. The first-order valence-electron chi connectivity index (χ1n) is 7.28. The minimum Gasteiger partial charge on any atom is -0.497 e. The Bertz CT molecular complexity index is 765. The Morgan fingerprint density at radius 3 is 2.50 bits per heavy atom. The highest BCUT2D eigenvalue weighted by molar-refractivity contribution is 6.40. The molecule has 0 saturated heterocycles. The first-order valence-corrected chi connectivity index (χ1v) is 7.28. The van der Waals surface area contributed by atoms with Gasteiger partial charge in [0.15, 0.2) is 11.5 Å². The Kier molecular flexibility index (Phi) is 4.33. The van der Waals surface area contributed by atoms with E-state index in [0.29, 0.717) is 5.75 Å². The maximum Gasteiger partial charge on any atom is 0.354 e. The highest BCUT2D eigenvalue weighted by Crippen LogP contribution is 2.30. The zero-order valence-electron chi connectivity index (χ0n) is 13.2. The first kappa shape index (κ1) is 15.8. The second-order valence-electron chi connectivity index (χ2n) is 5.19. The molecule has 7 nitrogen and oxygen atoms in total. The molecule has 0 aliphatic carbocycles. The normalized spacial score (nSPS) is 19.3. The third-order valence-corrected chi connectivity index (χ3v) is 3.87. The van der Waals surface area contributed by atoms with Crippen LogP contribution in [0, 0.1) is 0 Å². The Morgan fingerprint density at radius 2 is 1.92 bits per heavy atom. The SMILES string of the molecule is COC(=O)C1=NN[C@H](C(=O)c2ccco2)[C@@H]1c1ccc(OC)cc1. The summed E-state index contributed by atoms with van der Waals surface area (Å²) in [6.45, 7) is 0. The van der Waals surface area contributed by atoms with E-state index in [2.05, 4.69) is 10.5 Å². The number of benzene rings is 1. The van der Waals surface area contributed by atoms with E-state index in [0.717, 1.165) is 5.56 Å². The van der Waals surface area contributed by atoms with Gasteiger partial charge in [-0.05, 0) is 29.8 Å². The number of hydrogen-bond donors (Lipinski definition) is 1. The second-order valence-corrected chi connectivity index (χ2v) is 5.19. The molecule has 0 amide bonds. The molecule has 1 aliphatic heterocycles. The summed E-state index contributed by atoms with van der Waals surface area (Å²) in [5.74, 6) is -0.579. The van der Waals surface area contributed by atoms with Gasteiger partial charge in [0.05, 0.1) is 26.4 Å². The zero-order valence-corrected chi connectivity index (χ0v) is 13.2. The highest BCUT2D eigenvalue weighted by Gasteiger charge is 2.42. The number of carbonyl (C=O) groups excluding carboxylic acids is 2. The molecule has 0 radical (unpaired) electrons. The molecule has 0 spiro atoms. The fourth-order valence-electron chi connectivity index (χ4n) is 2.66. The van der Waals surface area contributed by atoms with Crippen molar-refractivity contribution in [1.82, 2.24) is 5.43 Å². The Morgan fingerprint density at radius 1 is 1.17 bits per heavy atom. The number of ketones is 1. The molecule has 2 atom stereocenters. The lowest BCUT2D eigenvalue weighted by Gasteiger charge is -2.18. The fraction of sp³-hybridized carbons (Fsp3) is 0.235. The third-order valence-electron chi connectivity index (χ3n) is 3.87. The van der Waals surface area contributed by atoms with E-state index in [1.54, 1.807) is 43.5 Å². The lowest BCUT2D eigenvalue weighted by molar-refractivity contribution is -0.132. The van der Waals surface area contributed by atoms with Gasteiger partial charge in [-0.3, -0.25) is 10.2 Å². The van der Waals surface area contributed by atoms with E-state index < -0.39 is 17.9 Å². The van der Waals surface area contributed by atoms with Crippen LogP contribution in [0.5, 0.6) is 5.75 Å². The van der Waals surface area contributed by atoms with Crippen LogP contribution in [-0.4, -0.2) is 37.7 Å². The summed E-state index contributed by atoms with van der Waals surface area (Å²) in [6, 6.07) is 9.55. The molecule has 7 heteroatoms. The highest BCUT2D eigenvalue weighted by atomic mass is 16.5. The summed E-state index contributed by atoms with van der Waals surface area (Å²) in [5, 5.41) is 4.02. The van der Waals surface area contributed by atoms with E-state index in [1.165, 1.54) is 13.4 Å². The topological polar surface area (TPSA) is 90.1 Å². The Balaban J connectivity index is 1.97. The van der Waals surface area contributed by atoms with Crippen molar-refractivity contribution in [3.05, 3.63) is 54.0 Å². The van der Waals surface area contributed by atoms with Gasteiger partial charge in [0.2, 0.25) is 5.78 Å². The number of carbonyl (C=O) groups is 2. The third kappa shape index (κ3) is 2.76. The quantitative estimate of drug-likeness (QED) is 0.664. The number of methoxy groups -OCH3 is 2. The monoisotopic (exact) mass is 328 g/mol. The largest absolute Gasteiger partial charge is 0.497 e. The van der Waals surface area contributed by atoms with Crippen LogP contribution in [0.2, 0.25) is 0 Å². The van der Waals surface area contributed by atoms with Crippen molar-refractivity contribution in [2.24, 2.45) is 5.10 Å². The van der Waals surface area contributed by atoms with Gasteiger partial charge in [0.25, 0.3) is 0 Å². The van der Waals surface area contributed by atoms with Crippen LogP contribution in [0.4, 0.5) is 0 Å². The molecule has 1 aromatic carbocycles. The molecule has 2 heterocycles. The van der Waals surface area contributed by atoms with Crippen molar-refractivity contribution in [3.63, 3.8) is 0 Å². The lowest BCUT2D eigenvalue weighted by atomic mass is 9.85. The number of furan rings is 1. The standard InChI is InChI=1S/C17H16N2O5/c1-22-11-7-5-10(6-8-11)13-14(16(20)12-4-3-9-24-12)18-19-15(13)17(21)23-2/h3-9,13-14,18H,1-2H3/t13-,14-/m0/s1. The average Bonchev–Trinajstić information content (AvgIpc) is 3.30. The molecule has 0 unspecified atom stereocenters. The summed E-state index contributed by atoms with van der Waals surface area (Å²) < 4.78 is 15.1. The number of nitrogens with one attached hydrogen (secondary N) is 1. The molecule has 0 fully saturated rings. The number of esters is 1. The van der Waals surface area contributed by atoms with Gasteiger partial charge in [0, 0.05) is 0 Å². The van der Waals surface area contributed by atoms with Gasteiger partial charge in [-0.25, -0.2) is 4.79 Å². The van der Waals surface area contributed by atoms with Gasteiger partial charge in [0.1, 0.15) is 11.8 Å². The van der Waals surface area contributed by atoms with Crippen LogP contribution in [0.1, 0.15) is 22.0 Å². The summed E-state index contributed by atoms with van der Waals surface area (Å²) in [6.07, 6.45) is 1.42. The van der Waals surface area contributed by atoms with E-state index in [-0.39, 0.29) is 17.3 Å². The van der Waals surface area contributed by atoms with E-state index in [4.69, 9.17) is 13.9 Å². The van der Waals surface area contributed by atoms with Crippen LogP contribution in [-0.2, 0) is 9.53 Å². The van der Waals surface area contributed by atoms with Gasteiger partial charge in [-0.15, -0.1) is 0 Å². The van der Waals surface area contributed by atoms with Crippen LogP contribution in [0.25, 0.3) is 0 Å². The number of Topliss-reactive ketones (excluding diaryl/α,β-unsaturated/α-hetero) is 1.